The van der Waals surface area contributed by atoms with Crippen LogP contribution in [0.5, 0.6) is 17.2 Å². The van der Waals surface area contributed by atoms with Crippen LogP contribution >= 0.6 is 0 Å². The molecule has 0 saturated heterocycles. The molecule has 0 amide bonds. The summed E-state index contributed by atoms with van der Waals surface area (Å²) in [5.41, 5.74) is 9.86. The molecule has 6 aromatic carbocycles. The second-order valence-electron chi connectivity index (χ2n) is 16.0. The van der Waals surface area contributed by atoms with Crippen molar-refractivity contribution in [1.29, 1.82) is 0 Å². The minimum atomic E-state index is -1.13. The average molecular weight is 954 g/mol. The number of hydrogen-bond acceptors (Lipinski definition) is 11. The van der Waals surface area contributed by atoms with Crippen molar-refractivity contribution in [2.24, 2.45) is 0 Å². The van der Waals surface area contributed by atoms with E-state index in [2.05, 4.69) is 119 Å². The Bertz CT molecular complexity index is 3420. The van der Waals surface area contributed by atoms with E-state index >= 15 is 0 Å². The second-order valence-corrected chi connectivity index (χ2v) is 16.0. The van der Waals surface area contributed by atoms with Crippen molar-refractivity contribution in [3.63, 3.8) is 0 Å². The topological polar surface area (TPSA) is 236 Å². The van der Waals surface area contributed by atoms with Gasteiger partial charge in [0.15, 0.2) is 0 Å². The van der Waals surface area contributed by atoms with Crippen molar-refractivity contribution in [3.05, 3.63) is 204 Å². The second kappa shape index (κ2) is 21.9. The van der Waals surface area contributed by atoms with Gasteiger partial charge in [-0.05, 0) is 89.7 Å². The number of rotatable bonds is 5. The Kier molecular flexibility index (Phi) is 15.3. The summed E-state index contributed by atoms with van der Waals surface area (Å²) in [4.78, 5) is 50.4. The van der Waals surface area contributed by atoms with Crippen molar-refractivity contribution in [2.75, 3.05) is 11.4 Å². The summed E-state index contributed by atoms with van der Waals surface area (Å²) >= 11 is 0. The number of fused-ring (bicyclic) bond motifs is 6. The molecule has 0 atom stereocenters. The van der Waals surface area contributed by atoms with Gasteiger partial charge in [0.2, 0.25) is 0 Å². The van der Waals surface area contributed by atoms with Crippen LogP contribution in [0.3, 0.4) is 0 Å². The zero-order valence-electron chi connectivity index (χ0n) is 38.1. The molecule has 0 fully saturated rings. The third kappa shape index (κ3) is 11.2. The van der Waals surface area contributed by atoms with Crippen molar-refractivity contribution >= 4 is 96.3 Å². The van der Waals surface area contributed by atoms with Gasteiger partial charge in [0.05, 0.1) is 27.8 Å². The predicted molar refractivity (Wildman–Crippen MR) is 269 cm³/mol. The molecule has 0 aliphatic carbocycles. The molecule has 5 heterocycles. The van der Waals surface area contributed by atoms with Crippen LogP contribution in [0.25, 0.3) is 60.8 Å². The summed E-state index contributed by atoms with van der Waals surface area (Å²) in [5, 5.41) is 63.1. The van der Waals surface area contributed by atoms with Gasteiger partial charge in [-0.3, -0.25) is 4.98 Å². The molecule has 0 radical (unpaired) electrons. The van der Waals surface area contributed by atoms with E-state index in [-0.39, 0.29) is 68.2 Å². The first-order valence-corrected chi connectivity index (χ1v) is 21.7. The molecular formula is C56H40AlN5O9. The Hall–Kier alpha value is -9.16. The van der Waals surface area contributed by atoms with Gasteiger partial charge in [-0.2, -0.15) is 0 Å². The minimum Gasteiger partial charge on any atom is -0.871 e. The van der Waals surface area contributed by atoms with Crippen LogP contribution in [0.2, 0.25) is 0 Å². The van der Waals surface area contributed by atoms with Crippen molar-refractivity contribution in [3.8, 4) is 28.4 Å². The van der Waals surface area contributed by atoms with Crippen molar-refractivity contribution < 1.29 is 45.0 Å². The van der Waals surface area contributed by atoms with E-state index in [1.54, 1.807) is 54.6 Å². The maximum absolute atomic E-state index is 11.3. The first-order chi connectivity index (χ1) is 33.7. The number of aromatic carboxylic acids is 3. The summed E-state index contributed by atoms with van der Waals surface area (Å²) in [5.74, 6) is -4.16. The van der Waals surface area contributed by atoms with Crippen LogP contribution in [0.4, 0.5) is 11.4 Å². The summed E-state index contributed by atoms with van der Waals surface area (Å²) in [6.07, 6.45) is 2.30. The largest absolute Gasteiger partial charge is 3.00 e. The number of para-hydroxylation sites is 4. The molecule has 1 aliphatic heterocycles. The number of carboxylic acids is 3. The van der Waals surface area contributed by atoms with Gasteiger partial charge in [0.1, 0.15) is 17.1 Å². The van der Waals surface area contributed by atoms with Gasteiger partial charge < -0.3 is 35.5 Å². The smallest absolute Gasteiger partial charge is 0.871 e. The van der Waals surface area contributed by atoms with Crippen LogP contribution < -0.4 is 20.2 Å². The fourth-order valence-corrected chi connectivity index (χ4v) is 7.85. The average Bonchev–Trinajstić information content (AvgIpc) is 3.37. The number of carboxylic acid groups (broad SMARTS) is 3. The molecule has 3 N–H and O–H groups in total. The van der Waals surface area contributed by atoms with E-state index < -0.39 is 17.9 Å². The molecule has 14 nitrogen and oxygen atoms in total. The van der Waals surface area contributed by atoms with E-state index in [1.165, 1.54) is 75.4 Å². The predicted octanol–water partition coefficient (Wildman–Crippen LogP) is 9.40. The molecular weight excluding hydrogens is 914 g/mol. The Morgan fingerprint density at radius 3 is 1.37 bits per heavy atom. The number of hydrogen-bond donors (Lipinski definition) is 3. The van der Waals surface area contributed by atoms with Gasteiger partial charge in [-0.25, -0.2) is 29.3 Å². The minimum absolute atomic E-state index is 0. The van der Waals surface area contributed by atoms with E-state index in [0.717, 1.165) is 17.8 Å². The fraction of sp³-hybridized carbons (Fsp3) is 0.0536. The van der Waals surface area contributed by atoms with Crippen molar-refractivity contribution in [2.45, 2.75) is 13.8 Å². The zero-order chi connectivity index (χ0) is 49.5. The Morgan fingerprint density at radius 2 is 0.930 bits per heavy atom. The Balaban J connectivity index is 0.000000148. The van der Waals surface area contributed by atoms with Gasteiger partial charge in [-0.1, -0.05) is 150 Å². The fourth-order valence-electron chi connectivity index (χ4n) is 7.85. The molecule has 1 aliphatic rings. The van der Waals surface area contributed by atoms with Crippen LogP contribution in [0.1, 0.15) is 49.6 Å². The zero-order valence-corrected chi connectivity index (χ0v) is 39.2. The molecule has 346 valence electrons. The number of benzene rings is 6. The molecule has 15 heteroatoms. The summed E-state index contributed by atoms with van der Waals surface area (Å²) in [6, 6.07) is 50.8. The normalized spacial score (nSPS) is 11.4. The third-order valence-electron chi connectivity index (χ3n) is 11.1. The maximum atomic E-state index is 11.3. The monoisotopic (exact) mass is 953 g/mol. The molecule has 11 rings (SSSR count). The number of carbonyl (C=O) groups is 3. The number of aromatic nitrogens is 4. The summed E-state index contributed by atoms with van der Waals surface area (Å²) < 4.78 is 0. The molecule has 0 spiro atoms. The van der Waals surface area contributed by atoms with E-state index in [0.29, 0.717) is 16.2 Å². The molecule has 10 aromatic rings. The van der Waals surface area contributed by atoms with E-state index in [9.17, 15) is 29.7 Å². The first kappa shape index (κ1) is 49.7. The molecule has 0 unspecified atom stereocenters. The summed E-state index contributed by atoms with van der Waals surface area (Å²) in [6.45, 7) is 5.19. The number of anilines is 2. The van der Waals surface area contributed by atoms with Crippen LogP contribution in [-0.2, 0) is 0 Å². The van der Waals surface area contributed by atoms with Gasteiger partial charge >= 0.3 is 35.3 Å². The molecule has 0 saturated carbocycles. The van der Waals surface area contributed by atoms with Crippen LogP contribution in [-0.4, -0.2) is 77.1 Å². The standard InChI is InChI=1S/C26H22N2.3C10H7NO3.Al/c1-18-15-24-25(28(17-18)21-11-7-4-8-12-21)14-13-22-23(16-19(2)27-26(22)24)20-9-5-3-6-10-20;3*12-8-3-1-2-6-4-5-7(10(13)14)11-9(6)8;/h3-16H,17H2,1-2H3;3*1-5,12H,(H,13,14);/q;;;;+3/p-3. The van der Waals surface area contributed by atoms with E-state index in [4.69, 9.17) is 20.3 Å². The Labute approximate surface area is 416 Å². The molecule has 0 bridgehead atoms. The molecule has 4 aromatic heterocycles. The number of pyridine rings is 4. The third-order valence-corrected chi connectivity index (χ3v) is 11.1. The van der Waals surface area contributed by atoms with Crippen LogP contribution in [0.15, 0.2) is 175 Å². The number of nitrogens with zero attached hydrogens (tertiary/aromatic N) is 5. The van der Waals surface area contributed by atoms with E-state index in [1.807, 2.05) is 0 Å². The van der Waals surface area contributed by atoms with Crippen LogP contribution in [0, 0.1) is 6.92 Å². The quantitative estimate of drug-likeness (QED) is 0.136. The SMILES string of the molecule is CC1=Cc2c(ccc3c(-c4ccccc4)cc(C)nc23)N(c2ccccc2)C1.O=C(O)c1ccc2cccc([O-])c2n1.O=C(O)c1ccc2cccc([O-])c2n1.O=C(O)c1ccc2cccc([O-])c2n1.[Al+3]. The Morgan fingerprint density at radius 1 is 0.493 bits per heavy atom. The first-order valence-electron chi connectivity index (χ1n) is 21.7. The maximum Gasteiger partial charge on any atom is 3.00 e. The van der Waals surface area contributed by atoms with Gasteiger partial charge in [0, 0.05) is 28.9 Å². The van der Waals surface area contributed by atoms with Crippen molar-refractivity contribution in [1.82, 2.24) is 19.9 Å². The van der Waals surface area contributed by atoms with Gasteiger partial charge in [0.25, 0.3) is 0 Å². The summed E-state index contributed by atoms with van der Waals surface area (Å²) in [7, 11) is 0. The molecule has 71 heavy (non-hydrogen) atoms. The number of aryl methyl sites for hydroxylation is 1. The van der Waals surface area contributed by atoms with Gasteiger partial charge in [-0.15, -0.1) is 0 Å².